The van der Waals surface area contributed by atoms with E-state index in [-0.39, 0.29) is 18.3 Å². The number of benzene rings is 1. The fraction of sp³-hybridized carbons (Fsp3) is 0.375. The van der Waals surface area contributed by atoms with Gasteiger partial charge < -0.3 is 14.2 Å². The van der Waals surface area contributed by atoms with Gasteiger partial charge in [-0.25, -0.2) is 4.79 Å². The molecule has 112 valence electrons. The van der Waals surface area contributed by atoms with Crippen LogP contribution < -0.4 is 4.74 Å². The number of nitriles is 1. The summed E-state index contributed by atoms with van der Waals surface area (Å²) in [7, 11) is 1.51. The van der Waals surface area contributed by atoms with Gasteiger partial charge in [0.1, 0.15) is 24.0 Å². The van der Waals surface area contributed by atoms with E-state index in [2.05, 4.69) is 0 Å². The summed E-state index contributed by atoms with van der Waals surface area (Å²) in [4.78, 5) is 11.7. The summed E-state index contributed by atoms with van der Waals surface area (Å²) in [6.45, 7) is 4.30. The zero-order chi connectivity index (χ0) is 15.7. The highest BCUT2D eigenvalue weighted by Crippen LogP contribution is 2.16. The molecule has 0 radical (unpaired) electrons. The number of hydrogen-bond donors (Lipinski definition) is 0. The Morgan fingerprint density at radius 3 is 2.48 bits per heavy atom. The van der Waals surface area contributed by atoms with Crippen molar-refractivity contribution in [2.75, 3.05) is 20.3 Å². The lowest BCUT2D eigenvalue weighted by molar-refractivity contribution is -0.139. The first kappa shape index (κ1) is 16.7. The third-order valence-electron chi connectivity index (χ3n) is 2.42. The predicted molar refractivity (Wildman–Crippen MR) is 78.6 cm³/mol. The molecule has 1 rings (SSSR count). The second-order valence-electron chi connectivity index (χ2n) is 4.53. The highest BCUT2D eigenvalue weighted by atomic mass is 16.6. The quantitative estimate of drug-likeness (QED) is 0.334. The van der Waals surface area contributed by atoms with E-state index in [1.165, 1.54) is 13.2 Å². The molecule has 0 aliphatic heterocycles. The zero-order valence-corrected chi connectivity index (χ0v) is 12.5. The molecule has 1 aromatic rings. The number of carbonyl (C=O) groups excluding carboxylic acids is 1. The molecule has 0 amide bonds. The van der Waals surface area contributed by atoms with E-state index in [0.717, 1.165) is 11.3 Å². The molecule has 0 aromatic heterocycles. The summed E-state index contributed by atoms with van der Waals surface area (Å²) < 4.78 is 15.2. The van der Waals surface area contributed by atoms with Crippen LogP contribution in [0.25, 0.3) is 6.08 Å². The molecule has 0 saturated heterocycles. The highest BCUT2D eigenvalue weighted by Gasteiger charge is 2.10. The van der Waals surface area contributed by atoms with Gasteiger partial charge in [0.05, 0.1) is 12.7 Å². The maximum Gasteiger partial charge on any atom is 0.348 e. The van der Waals surface area contributed by atoms with E-state index in [1.807, 2.05) is 19.9 Å². The minimum Gasteiger partial charge on any atom is -0.491 e. The molecule has 0 spiro atoms. The van der Waals surface area contributed by atoms with Gasteiger partial charge in [-0.05, 0) is 37.6 Å². The van der Waals surface area contributed by atoms with Crippen LogP contribution >= 0.6 is 0 Å². The number of ether oxygens (including phenoxy) is 3. The molecule has 0 aliphatic carbocycles. The summed E-state index contributed by atoms with van der Waals surface area (Å²) in [6, 6.07) is 8.97. The second-order valence-corrected chi connectivity index (χ2v) is 4.53. The lowest BCUT2D eigenvalue weighted by atomic mass is 10.1. The molecule has 0 N–H and O–H groups in total. The Labute approximate surface area is 124 Å². The van der Waals surface area contributed by atoms with Crippen LogP contribution in [0.4, 0.5) is 0 Å². The van der Waals surface area contributed by atoms with Crippen molar-refractivity contribution in [3.05, 3.63) is 35.4 Å². The van der Waals surface area contributed by atoms with E-state index >= 15 is 0 Å². The molecule has 0 heterocycles. The van der Waals surface area contributed by atoms with Gasteiger partial charge in [0, 0.05) is 7.11 Å². The minimum atomic E-state index is -0.656. The van der Waals surface area contributed by atoms with Gasteiger partial charge in [-0.2, -0.15) is 5.26 Å². The van der Waals surface area contributed by atoms with Crippen LogP contribution in [0.5, 0.6) is 5.75 Å². The molecule has 1 aromatic carbocycles. The number of hydrogen-bond acceptors (Lipinski definition) is 5. The Morgan fingerprint density at radius 1 is 1.29 bits per heavy atom. The second kappa shape index (κ2) is 8.77. The molecule has 0 bridgehead atoms. The summed E-state index contributed by atoms with van der Waals surface area (Å²) in [5.41, 5.74) is 0.676. The van der Waals surface area contributed by atoms with Crippen LogP contribution in [0.3, 0.4) is 0 Å². The van der Waals surface area contributed by atoms with E-state index in [1.54, 1.807) is 24.3 Å². The maximum atomic E-state index is 11.7. The molecular weight excluding hydrogens is 270 g/mol. The minimum absolute atomic E-state index is 0.0522. The third kappa shape index (κ3) is 6.11. The van der Waals surface area contributed by atoms with Crippen LogP contribution in [0, 0.1) is 11.3 Å². The molecule has 0 unspecified atom stereocenters. The van der Waals surface area contributed by atoms with Crippen molar-refractivity contribution in [1.82, 2.24) is 0 Å². The fourth-order valence-electron chi connectivity index (χ4n) is 1.51. The Hall–Kier alpha value is -2.32. The lowest BCUT2D eigenvalue weighted by Crippen LogP contribution is -2.11. The topological polar surface area (TPSA) is 68.5 Å². The summed E-state index contributed by atoms with van der Waals surface area (Å²) >= 11 is 0. The van der Waals surface area contributed by atoms with Gasteiger partial charge >= 0.3 is 5.97 Å². The molecule has 0 aliphatic rings. The molecule has 5 nitrogen and oxygen atoms in total. The number of nitrogens with zero attached hydrogens (tertiary/aromatic N) is 1. The first-order chi connectivity index (χ1) is 10.1. The summed E-state index contributed by atoms with van der Waals surface area (Å²) in [6.07, 6.45) is 1.57. The highest BCUT2D eigenvalue weighted by molar-refractivity contribution is 5.97. The van der Waals surface area contributed by atoms with Crippen molar-refractivity contribution in [3.63, 3.8) is 0 Å². The predicted octanol–water partition coefficient (Wildman–Crippen LogP) is 2.57. The van der Waals surface area contributed by atoms with Crippen LogP contribution in [0.2, 0.25) is 0 Å². The fourth-order valence-corrected chi connectivity index (χ4v) is 1.51. The van der Waals surface area contributed by atoms with Crippen LogP contribution in [0.1, 0.15) is 19.4 Å². The van der Waals surface area contributed by atoms with Gasteiger partial charge in [0.2, 0.25) is 0 Å². The molecule has 21 heavy (non-hydrogen) atoms. The van der Waals surface area contributed by atoms with Crippen molar-refractivity contribution < 1.29 is 19.0 Å². The summed E-state index contributed by atoms with van der Waals surface area (Å²) in [5.74, 6) is 0.0837. The standard InChI is InChI=1S/C16H19NO4/c1-12(2)21-15-6-4-13(5-7-15)10-14(11-17)16(18)20-9-8-19-3/h4-7,10,12H,8-9H2,1-3H3/b14-10-. The first-order valence-electron chi connectivity index (χ1n) is 6.61. The average molecular weight is 289 g/mol. The molecule has 0 saturated carbocycles. The zero-order valence-electron chi connectivity index (χ0n) is 12.5. The first-order valence-corrected chi connectivity index (χ1v) is 6.61. The van der Waals surface area contributed by atoms with Crippen molar-refractivity contribution in [1.29, 1.82) is 5.26 Å². The van der Waals surface area contributed by atoms with Crippen LogP contribution in [-0.4, -0.2) is 32.4 Å². The maximum absolute atomic E-state index is 11.7. The van der Waals surface area contributed by atoms with E-state index < -0.39 is 5.97 Å². The largest absolute Gasteiger partial charge is 0.491 e. The van der Waals surface area contributed by atoms with Gasteiger partial charge in [-0.1, -0.05) is 12.1 Å². The number of esters is 1. The SMILES string of the molecule is COCCOC(=O)/C(C#N)=C\c1ccc(OC(C)C)cc1. The Balaban J connectivity index is 2.74. The normalized spacial score (nSPS) is 11.1. The van der Waals surface area contributed by atoms with Crippen molar-refractivity contribution >= 4 is 12.0 Å². The van der Waals surface area contributed by atoms with E-state index in [9.17, 15) is 4.79 Å². The molecular formula is C16H19NO4. The Kier molecular flexibility index (Phi) is 6.99. The van der Waals surface area contributed by atoms with Gasteiger partial charge in [-0.15, -0.1) is 0 Å². The number of methoxy groups -OCH3 is 1. The van der Waals surface area contributed by atoms with Crippen LogP contribution in [-0.2, 0) is 14.3 Å². The summed E-state index contributed by atoms with van der Waals surface area (Å²) in [5, 5.41) is 9.01. The van der Waals surface area contributed by atoms with Gasteiger partial charge in [0.25, 0.3) is 0 Å². The Bertz CT molecular complexity index is 526. The van der Waals surface area contributed by atoms with Crippen LogP contribution in [0.15, 0.2) is 29.8 Å². The van der Waals surface area contributed by atoms with Crippen molar-refractivity contribution in [2.45, 2.75) is 20.0 Å². The number of carbonyl (C=O) groups is 1. The van der Waals surface area contributed by atoms with Gasteiger partial charge in [-0.3, -0.25) is 0 Å². The molecule has 5 heteroatoms. The van der Waals surface area contributed by atoms with Crippen molar-refractivity contribution in [3.8, 4) is 11.8 Å². The smallest absolute Gasteiger partial charge is 0.348 e. The van der Waals surface area contributed by atoms with E-state index in [0.29, 0.717) is 6.61 Å². The Morgan fingerprint density at radius 2 is 1.95 bits per heavy atom. The lowest BCUT2D eigenvalue weighted by Gasteiger charge is -2.09. The monoisotopic (exact) mass is 289 g/mol. The van der Waals surface area contributed by atoms with Gasteiger partial charge in [0.15, 0.2) is 0 Å². The van der Waals surface area contributed by atoms with E-state index in [4.69, 9.17) is 19.5 Å². The van der Waals surface area contributed by atoms with Crippen molar-refractivity contribution in [2.24, 2.45) is 0 Å². The third-order valence-corrected chi connectivity index (χ3v) is 2.42. The number of rotatable bonds is 7. The molecule has 0 atom stereocenters. The molecule has 0 fully saturated rings. The average Bonchev–Trinajstić information content (AvgIpc) is 2.46.